The summed E-state index contributed by atoms with van der Waals surface area (Å²) in [6.07, 6.45) is 0.852. The van der Waals surface area contributed by atoms with E-state index in [4.69, 9.17) is 0 Å². The van der Waals surface area contributed by atoms with Crippen molar-refractivity contribution in [2.24, 2.45) is 5.92 Å². The van der Waals surface area contributed by atoms with Crippen LogP contribution in [0.5, 0.6) is 0 Å². The van der Waals surface area contributed by atoms with E-state index < -0.39 is 6.04 Å². The van der Waals surface area contributed by atoms with Gasteiger partial charge < -0.3 is 10.2 Å². The highest BCUT2D eigenvalue weighted by molar-refractivity contribution is 7.99. The Labute approximate surface area is 207 Å². The highest BCUT2D eigenvalue weighted by Gasteiger charge is 2.30. The topological polar surface area (TPSA) is 49.4 Å². The van der Waals surface area contributed by atoms with Crippen molar-refractivity contribution >= 4 is 23.6 Å². The van der Waals surface area contributed by atoms with Crippen LogP contribution in [0.4, 0.5) is 0 Å². The van der Waals surface area contributed by atoms with E-state index >= 15 is 0 Å². The lowest BCUT2D eigenvalue weighted by molar-refractivity contribution is -0.141. The van der Waals surface area contributed by atoms with Crippen LogP contribution in [0.15, 0.2) is 95.9 Å². The third-order valence-corrected chi connectivity index (χ3v) is 6.49. The summed E-state index contributed by atoms with van der Waals surface area (Å²) in [7, 11) is 0. The lowest BCUT2D eigenvalue weighted by Crippen LogP contribution is -2.51. The number of nitrogens with zero attached hydrogens (tertiary/aromatic N) is 1. The first kappa shape index (κ1) is 25.6. The fourth-order valence-corrected chi connectivity index (χ4v) is 4.54. The highest BCUT2D eigenvalue weighted by Crippen LogP contribution is 2.20. The smallest absolute Gasteiger partial charge is 0.243 e. The largest absolute Gasteiger partial charge is 0.354 e. The Morgan fingerprint density at radius 1 is 0.824 bits per heavy atom. The van der Waals surface area contributed by atoms with Crippen LogP contribution in [-0.2, 0) is 22.6 Å². The minimum atomic E-state index is -0.574. The number of hydrogen-bond acceptors (Lipinski definition) is 3. The molecule has 0 aliphatic heterocycles. The summed E-state index contributed by atoms with van der Waals surface area (Å²) in [6.45, 7) is 5.13. The summed E-state index contributed by atoms with van der Waals surface area (Å²) in [5.41, 5.74) is 2.05. The van der Waals surface area contributed by atoms with Crippen molar-refractivity contribution in [1.29, 1.82) is 0 Å². The molecular formula is C29H34N2O2S. The highest BCUT2D eigenvalue weighted by atomic mass is 32.2. The lowest BCUT2D eigenvalue weighted by atomic mass is 10.0. The molecule has 1 N–H and O–H groups in total. The van der Waals surface area contributed by atoms with Crippen molar-refractivity contribution in [1.82, 2.24) is 10.2 Å². The normalized spacial score (nSPS) is 11.7. The molecule has 0 radical (unpaired) electrons. The van der Waals surface area contributed by atoms with Crippen molar-refractivity contribution in [2.75, 3.05) is 12.3 Å². The minimum Gasteiger partial charge on any atom is -0.354 e. The Balaban J connectivity index is 1.81. The molecule has 3 rings (SSSR count). The van der Waals surface area contributed by atoms with Gasteiger partial charge in [0.2, 0.25) is 11.8 Å². The van der Waals surface area contributed by atoms with Gasteiger partial charge in [0, 0.05) is 36.6 Å². The van der Waals surface area contributed by atoms with E-state index in [0.29, 0.717) is 37.6 Å². The number of thioether (sulfide) groups is 1. The number of rotatable bonds is 12. The average molecular weight is 475 g/mol. The molecule has 4 nitrogen and oxygen atoms in total. The first-order valence-corrected chi connectivity index (χ1v) is 12.8. The van der Waals surface area contributed by atoms with Crippen LogP contribution in [0.3, 0.4) is 0 Å². The Morgan fingerprint density at radius 3 is 1.97 bits per heavy atom. The van der Waals surface area contributed by atoms with Crippen LogP contribution in [0, 0.1) is 5.92 Å². The van der Waals surface area contributed by atoms with Gasteiger partial charge >= 0.3 is 0 Å². The van der Waals surface area contributed by atoms with Gasteiger partial charge in [-0.3, -0.25) is 9.59 Å². The molecule has 0 fully saturated rings. The van der Waals surface area contributed by atoms with Crippen LogP contribution in [-0.4, -0.2) is 35.1 Å². The minimum absolute atomic E-state index is 0.00656. The third kappa shape index (κ3) is 8.38. The second kappa shape index (κ2) is 13.6. The van der Waals surface area contributed by atoms with Gasteiger partial charge in [0.05, 0.1) is 0 Å². The molecule has 0 aliphatic carbocycles. The molecule has 0 heterocycles. The summed E-state index contributed by atoms with van der Waals surface area (Å²) >= 11 is 1.66. The van der Waals surface area contributed by atoms with Crippen molar-refractivity contribution in [3.8, 4) is 0 Å². The molecule has 34 heavy (non-hydrogen) atoms. The van der Waals surface area contributed by atoms with E-state index in [2.05, 4.69) is 31.3 Å². The van der Waals surface area contributed by atoms with E-state index in [1.54, 1.807) is 16.7 Å². The maximum atomic E-state index is 13.5. The van der Waals surface area contributed by atoms with Crippen LogP contribution in [0.25, 0.3) is 0 Å². The van der Waals surface area contributed by atoms with Crippen molar-refractivity contribution < 1.29 is 9.59 Å². The number of nitrogens with one attached hydrogen (secondary N) is 1. The lowest BCUT2D eigenvalue weighted by Gasteiger charge is -2.32. The zero-order chi connectivity index (χ0) is 24.2. The number of amides is 2. The van der Waals surface area contributed by atoms with Crippen LogP contribution in [0.2, 0.25) is 0 Å². The van der Waals surface area contributed by atoms with Crippen LogP contribution >= 0.6 is 11.8 Å². The van der Waals surface area contributed by atoms with Gasteiger partial charge in [-0.1, -0.05) is 92.7 Å². The Morgan fingerprint density at radius 2 is 1.38 bits per heavy atom. The molecule has 3 aromatic carbocycles. The number of carbonyl (C=O) groups is 2. The molecule has 2 amide bonds. The van der Waals surface area contributed by atoms with Gasteiger partial charge in [0.15, 0.2) is 0 Å². The van der Waals surface area contributed by atoms with E-state index in [-0.39, 0.29) is 11.8 Å². The van der Waals surface area contributed by atoms with Gasteiger partial charge in [0.1, 0.15) is 6.04 Å². The van der Waals surface area contributed by atoms with Gasteiger partial charge in [-0.2, -0.15) is 0 Å². The first-order chi connectivity index (χ1) is 16.5. The van der Waals surface area contributed by atoms with E-state index in [0.717, 1.165) is 16.0 Å². The van der Waals surface area contributed by atoms with Crippen molar-refractivity contribution in [3.63, 3.8) is 0 Å². The third-order valence-electron chi connectivity index (χ3n) is 5.48. The molecule has 3 aromatic rings. The van der Waals surface area contributed by atoms with Crippen LogP contribution in [0.1, 0.15) is 31.4 Å². The summed E-state index contributed by atoms with van der Waals surface area (Å²) in [6, 6.07) is 29.3. The fourth-order valence-electron chi connectivity index (χ4n) is 3.67. The zero-order valence-electron chi connectivity index (χ0n) is 20.0. The van der Waals surface area contributed by atoms with Gasteiger partial charge in [-0.15, -0.1) is 11.8 Å². The predicted molar refractivity (Wildman–Crippen MR) is 141 cm³/mol. The monoisotopic (exact) mass is 474 g/mol. The molecule has 0 aromatic heterocycles. The Bertz CT molecular complexity index is 1010. The van der Waals surface area contributed by atoms with Crippen LogP contribution < -0.4 is 5.32 Å². The predicted octanol–water partition coefficient (Wildman–Crippen LogP) is 5.58. The van der Waals surface area contributed by atoms with Gasteiger partial charge in [-0.25, -0.2) is 0 Å². The molecule has 178 valence electrons. The average Bonchev–Trinajstić information content (AvgIpc) is 2.86. The second-order valence-electron chi connectivity index (χ2n) is 8.76. The standard InChI is InChI=1S/C29H34N2O2S/c1-23(2)21-30-29(33)27(20-24-12-6-3-7-13-24)31(22-25-14-8-4-9-15-25)28(32)18-19-34-26-16-10-5-11-17-26/h3-17,23,27H,18-22H2,1-2H3,(H,30,33)/t27-/m0/s1. The number of carbonyl (C=O) groups excluding carboxylic acids is 2. The summed E-state index contributed by atoms with van der Waals surface area (Å²) < 4.78 is 0. The van der Waals surface area contributed by atoms with Crippen molar-refractivity contribution in [2.45, 2.75) is 44.2 Å². The Kier molecular flexibility index (Phi) is 10.2. The molecule has 5 heteroatoms. The Hall–Kier alpha value is -3.05. The summed E-state index contributed by atoms with van der Waals surface area (Å²) in [4.78, 5) is 29.8. The maximum Gasteiger partial charge on any atom is 0.243 e. The SMILES string of the molecule is CC(C)CNC(=O)[C@H](Cc1ccccc1)N(Cc1ccccc1)C(=O)CCSc1ccccc1. The summed E-state index contributed by atoms with van der Waals surface area (Å²) in [5.74, 6) is 0.895. The number of hydrogen-bond donors (Lipinski definition) is 1. The molecule has 0 aliphatic rings. The molecule has 0 spiro atoms. The fraction of sp³-hybridized carbons (Fsp3) is 0.310. The molecule has 1 atom stereocenters. The van der Waals surface area contributed by atoms with E-state index in [1.807, 2.05) is 78.9 Å². The van der Waals surface area contributed by atoms with Gasteiger partial charge in [-0.05, 0) is 29.2 Å². The number of benzene rings is 3. The first-order valence-electron chi connectivity index (χ1n) is 11.9. The maximum absolute atomic E-state index is 13.5. The second-order valence-corrected chi connectivity index (χ2v) is 9.93. The zero-order valence-corrected chi connectivity index (χ0v) is 20.8. The van der Waals surface area contributed by atoms with E-state index in [1.165, 1.54) is 0 Å². The van der Waals surface area contributed by atoms with Gasteiger partial charge in [0.25, 0.3) is 0 Å². The van der Waals surface area contributed by atoms with Crippen molar-refractivity contribution in [3.05, 3.63) is 102 Å². The molecule has 0 saturated heterocycles. The molecule has 0 saturated carbocycles. The summed E-state index contributed by atoms with van der Waals surface area (Å²) in [5, 5.41) is 3.07. The quantitative estimate of drug-likeness (QED) is 0.349. The molecular weight excluding hydrogens is 440 g/mol. The van der Waals surface area contributed by atoms with E-state index in [9.17, 15) is 9.59 Å². The molecule has 0 bridgehead atoms. The molecule has 0 unspecified atom stereocenters.